The lowest BCUT2D eigenvalue weighted by Crippen LogP contribution is -2.25. The molecule has 3 rings (SSSR count). The highest BCUT2D eigenvalue weighted by Gasteiger charge is 2.14. The Morgan fingerprint density at radius 1 is 1.14 bits per heavy atom. The van der Waals surface area contributed by atoms with E-state index in [4.69, 9.17) is 12.2 Å². The molecule has 0 unspecified atom stereocenters. The first-order valence-corrected chi connectivity index (χ1v) is 9.28. The van der Waals surface area contributed by atoms with Crippen molar-refractivity contribution >= 4 is 29.7 Å². The van der Waals surface area contributed by atoms with Gasteiger partial charge in [-0.05, 0) is 42.9 Å². The SMILES string of the molecule is Cc1ccccc1C(=O)NCc1nn(CC(=O)Nc2ccccc2F)c(=S)n1C. The molecule has 0 aliphatic heterocycles. The molecule has 0 saturated heterocycles. The molecule has 0 aliphatic rings. The van der Waals surface area contributed by atoms with Crippen LogP contribution in [0.5, 0.6) is 0 Å². The molecule has 0 bridgehead atoms. The van der Waals surface area contributed by atoms with Gasteiger partial charge < -0.3 is 15.2 Å². The van der Waals surface area contributed by atoms with Crippen LogP contribution in [0.1, 0.15) is 21.7 Å². The highest BCUT2D eigenvalue weighted by Crippen LogP contribution is 2.12. The zero-order valence-electron chi connectivity index (χ0n) is 16.0. The molecule has 1 aromatic heterocycles. The first-order chi connectivity index (χ1) is 13.9. The van der Waals surface area contributed by atoms with Crippen LogP contribution < -0.4 is 10.6 Å². The number of hydrogen-bond donors (Lipinski definition) is 2. The van der Waals surface area contributed by atoms with Crippen LogP contribution in [-0.4, -0.2) is 26.2 Å². The first kappa shape index (κ1) is 20.4. The number of carbonyl (C=O) groups excluding carboxylic acids is 2. The molecule has 1 heterocycles. The van der Waals surface area contributed by atoms with E-state index in [0.29, 0.717) is 16.2 Å². The highest BCUT2D eigenvalue weighted by molar-refractivity contribution is 7.71. The lowest BCUT2D eigenvalue weighted by molar-refractivity contribution is -0.117. The van der Waals surface area contributed by atoms with Crippen molar-refractivity contribution in [1.29, 1.82) is 0 Å². The summed E-state index contributed by atoms with van der Waals surface area (Å²) in [6.45, 7) is 1.83. The fourth-order valence-corrected chi connectivity index (χ4v) is 2.97. The van der Waals surface area contributed by atoms with Crippen molar-refractivity contribution in [2.45, 2.75) is 20.0 Å². The molecule has 7 nitrogen and oxygen atoms in total. The van der Waals surface area contributed by atoms with Gasteiger partial charge >= 0.3 is 0 Å². The predicted octanol–water partition coefficient (Wildman–Crippen LogP) is 2.97. The molecule has 0 radical (unpaired) electrons. The van der Waals surface area contributed by atoms with E-state index >= 15 is 0 Å². The standard InChI is InChI=1S/C20H20FN5O2S/c1-13-7-3-4-8-14(13)19(28)22-11-17-24-26(20(29)25(17)2)12-18(27)23-16-10-6-5-9-15(16)21/h3-10H,11-12H2,1-2H3,(H,22,28)(H,23,27). The topological polar surface area (TPSA) is 80.9 Å². The maximum atomic E-state index is 13.7. The van der Waals surface area contributed by atoms with Gasteiger partial charge in [-0.1, -0.05) is 30.3 Å². The van der Waals surface area contributed by atoms with Gasteiger partial charge in [-0.2, -0.15) is 5.10 Å². The zero-order chi connectivity index (χ0) is 21.0. The van der Waals surface area contributed by atoms with Gasteiger partial charge in [-0.15, -0.1) is 0 Å². The van der Waals surface area contributed by atoms with E-state index in [1.165, 1.54) is 22.9 Å². The number of carbonyl (C=O) groups is 2. The maximum absolute atomic E-state index is 13.7. The molecule has 0 spiro atoms. The van der Waals surface area contributed by atoms with Crippen molar-refractivity contribution in [2.75, 3.05) is 5.32 Å². The van der Waals surface area contributed by atoms with Gasteiger partial charge in [-0.25, -0.2) is 9.07 Å². The molecule has 9 heteroatoms. The van der Waals surface area contributed by atoms with Crippen molar-refractivity contribution in [3.05, 3.63) is 76.1 Å². The molecule has 29 heavy (non-hydrogen) atoms. The average molecular weight is 413 g/mol. The number of hydrogen-bond acceptors (Lipinski definition) is 4. The summed E-state index contributed by atoms with van der Waals surface area (Å²) in [6, 6.07) is 13.2. The minimum atomic E-state index is -0.523. The molecule has 0 saturated carbocycles. The summed E-state index contributed by atoms with van der Waals surface area (Å²) in [4.78, 5) is 24.6. The minimum absolute atomic E-state index is 0.0886. The number of halogens is 1. The van der Waals surface area contributed by atoms with Crippen LogP contribution in [0.25, 0.3) is 0 Å². The Balaban J connectivity index is 1.67. The summed E-state index contributed by atoms with van der Waals surface area (Å²) in [6.07, 6.45) is 0. The zero-order valence-corrected chi connectivity index (χ0v) is 16.8. The van der Waals surface area contributed by atoms with Crippen LogP contribution in [0.2, 0.25) is 0 Å². The van der Waals surface area contributed by atoms with Gasteiger partial charge in [-0.3, -0.25) is 9.59 Å². The van der Waals surface area contributed by atoms with Crippen molar-refractivity contribution in [2.24, 2.45) is 7.05 Å². The van der Waals surface area contributed by atoms with Gasteiger partial charge in [0.15, 0.2) is 10.6 Å². The quantitative estimate of drug-likeness (QED) is 0.609. The Hall–Kier alpha value is -3.33. The van der Waals surface area contributed by atoms with Gasteiger partial charge in [0.2, 0.25) is 5.91 Å². The number of benzene rings is 2. The monoisotopic (exact) mass is 413 g/mol. The third-order valence-electron chi connectivity index (χ3n) is 4.37. The number of nitrogens with one attached hydrogen (secondary N) is 2. The normalized spacial score (nSPS) is 10.6. The van der Waals surface area contributed by atoms with E-state index < -0.39 is 11.7 Å². The van der Waals surface area contributed by atoms with E-state index in [1.54, 1.807) is 29.8 Å². The fraction of sp³-hybridized carbons (Fsp3) is 0.200. The molecule has 0 fully saturated rings. The molecule has 3 aromatic rings. The fourth-order valence-electron chi connectivity index (χ4n) is 2.76. The van der Waals surface area contributed by atoms with Gasteiger partial charge in [0.25, 0.3) is 5.91 Å². The average Bonchev–Trinajstić information content (AvgIpc) is 2.96. The van der Waals surface area contributed by atoms with Crippen LogP contribution in [0.3, 0.4) is 0 Å². The van der Waals surface area contributed by atoms with Gasteiger partial charge in [0.1, 0.15) is 12.4 Å². The van der Waals surface area contributed by atoms with Crippen LogP contribution in [0.15, 0.2) is 48.5 Å². The third kappa shape index (κ3) is 4.75. The Labute approximate surface area is 172 Å². The Bertz CT molecular complexity index is 1120. The number of aromatic nitrogens is 3. The molecule has 0 atom stereocenters. The van der Waals surface area contributed by atoms with Crippen LogP contribution in [0.4, 0.5) is 10.1 Å². The number of rotatable bonds is 6. The number of aryl methyl sites for hydroxylation is 1. The van der Waals surface area contributed by atoms with Gasteiger partial charge in [0.05, 0.1) is 12.2 Å². The number of amides is 2. The summed E-state index contributed by atoms with van der Waals surface area (Å²) in [7, 11) is 1.70. The Morgan fingerprint density at radius 2 is 1.83 bits per heavy atom. The van der Waals surface area contributed by atoms with Crippen LogP contribution in [-0.2, 0) is 24.9 Å². The van der Waals surface area contributed by atoms with Crippen molar-refractivity contribution in [3.8, 4) is 0 Å². The summed E-state index contributed by atoms with van der Waals surface area (Å²) in [5.74, 6) is -0.707. The molecule has 2 aromatic carbocycles. The molecule has 0 aliphatic carbocycles. The van der Waals surface area contributed by atoms with Gasteiger partial charge in [0, 0.05) is 12.6 Å². The second kappa shape index (κ2) is 8.78. The molecular formula is C20H20FN5O2S. The molecule has 2 amide bonds. The first-order valence-electron chi connectivity index (χ1n) is 8.87. The summed E-state index contributed by atoms with van der Waals surface area (Å²) in [5.41, 5.74) is 1.54. The summed E-state index contributed by atoms with van der Waals surface area (Å²) < 4.78 is 16.9. The molecule has 2 N–H and O–H groups in total. The minimum Gasteiger partial charge on any atom is -0.345 e. The number of para-hydroxylation sites is 1. The second-order valence-corrected chi connectivity index (χ2v) is 6.81. The summed E-state index contributed by atoms with van der Waals surface area (Å²) >= 11 is 5.31. The van der Waals surface area contributed by atoms with Crippen molar-refractivity contribution in [3.63, 3.8) is 0 Å². The van der Waals surface area contributed by atoms with Crippen LogP contribution in [0, 0.1) is 17.5 Å². The van der Waals surface area contributed by atoms with E-state index in [0.717, 1.165) is 5.56 Å². The molecule has 150 valence electrons. The van der Waals surface area contributed by atoms with Crippen molar-refractivity contribution < 1.29 is 14.0 Å². The highest BCUT2D eigenvalue weighted by atomic mass is 32.1. The Morgan fingerprint density at radius 3 is 2.55 bits per heavy atom. The smallest absolute Gasteiger partial charge is 0.251 e. The lowest BCUT2D eigenvalue weighted by atomic mass is 10.1. The maximum Gasteiger partial charge on any atom is 0.251 e. The largest absolute Gasteiger partial charge is 0.345 e. The van der Waals surface area contributed by atoms with E-state index in [-0.39, 0.29) is 24.7 Å². The number of nitrogens with zero attached hydrogens (tertiary/aromatic N) is 3. The van der Waals surface area contributed by atoms with E-state index in [1.807, 2.05) is 19.1 Å². The Kier molecular flexibility index (Phi) is 6.18. The third-order valence-corrected chi connectivity index (χ3v) is 4.85. The summed E-state index contributed by atoms with van der Waals surface area (Å²) in [5, 5.41) is 9.61. The molecular weight excluding hydrogens is 393 g/mol. The second-order valence-electron chi connectivity index (χ2n) is 6.44. The lowest BCUT2D eigenvalue weighted by Gasteiger charge is -2.07. The van der Waals surface area contributed by atoms with Crippen LogP contribution >= 0.6 is 12.2 Å². The van der Waals surface area contributed by atoms with E-state index in [2.05, 4.69) is 15.7 Å². The predicted molar refractivity (Wildman–Crippen MR) is 109 cm³/mol. The van der Waals surface area contributed by atoms with E-state index in [9.17, 15) is 14.0 Å². The van der Waals surface area contributed by atoms with Crippen molar-refractivity contribution in [1.82, 2.24) is 19.7 Å². The number of anilines is 1.